The van der Waals surface area contributed by atoms with Gasteiger partial charge in [-0.3, -0.25) is 0 Å². The van der Waals surface area contributed by atoms with E-state index in [0.717, 1.165) is 9.14 Å². The summed E-state index contributed by atoms with van der Waals surface area (Å²) in [7, 11) is 6.54. The molecule has 1 aromatic carbocycles. The molecule has 0 fully saturated rings. The van der Waals surface area contributed by atoms with E-state index in [9.17, 15) is 0 Å². The molecule has 0 amide bonds. The monoisotopic (exact) mass is 335 g/mol. The van der Waals surface area contributed by atoms with Gasteiger partial charge < -0.3 is 0 Å². The molecule has 0 saturated heterocycles. The van der Waals surface area contributed by atoms with Crippen LogP contribution in [0.15, 0.2) is 24.3 Å². The Morgan fingerprint density at radius 2 is 2.07 bits per heavy atom. The Labute approximate surface area is 99.9 Å². The SMILES string of the molecule is CC[O][Sn]([CH3])([Cl])[c]1ccccc1C(C)N. The van der Waals surface area contributed by atoms with Crippen molar-refractivity contribution in [3.8, 4) is 0 Å². The number of nitrogens with two attached hydrogens (primary N) is 1. The van der Waals surface area contributed by atoms with Crippen molar-refractivity contribution in [1.29, 1.82) is 0 Å². The van der Waals surface area contributed by atoms with Gasteiger partial charge in [-0.05, 0) is 0 Å². The Morgan fingerprint density at radius 3 is 2.60 bits per heavy atom. The van der Waals surface area contributed by atoms with E-state index in [4.69, 9.17) is 17.7 Å². The minimum absolute atomic E-state index is 0.0106. The molecule has 0 heterocycles. The van der Waals surface area contributed by atoms with Crippen LogP contribution in [0, 0.1) is 0 Å². The summed E-state index contributed by atoms with van der Waals surface area (Å²) in [5, 5.41) is 0. The van der Waals surface area contributed by atoms with Gasteiger partial charge in [0.25, 0.3) is 0 Å². The summed E-state index contributed by atoms with van der Waals surface area (Å²) < 4.78 is 6.88. The molecule has 0 radical (unpaired) electrons. The van der Waals surface area contributed by atoms with E-state index in [2.05, 4.69) is 11.0 Å². The minimum atomic E-state index is -3.06. The molecule has 0 aromatic heterocycles. The zero-order chi connectivity index (χ0) is 11.5. The van der Waals surface area contributed by atoms with Crippen molar-refractivity contribution in [2.24, 2.45) is 5.73 Å². The molecule has 84 valence electrons. The van der Waals surface area contributed by atoms with Crippen molar-refractivity contribution in [1.82, 2.24) is 0 Å². The zero-order valence-electron chi connectivity index (χ0n) is 9.46. The van der Waals surface area contributed by atoms with Crippen LogP contribution in [0.3, 0.4) is 0 Å². The molecule has 0 spiro atoms. The number of benzene rings is 1. The van der Waals surface area contributed by atoms with E-state index in [1.54, 1.807) is 0 Å². The van der Waals surface area contributed by atoms with Crippen molar-refractivity contribution in [3.63, 3.8) is 0 Å². The van der Waals surface area contributed by atoms with Crippen LogP contribution in [0.4, 0.5) is 0 Å². The standard InChI is InChI=1S/C8H10N.C2H5O.CH3.ClH.Sn/c1-7(9)8-5-3-2-4-6-8;1-2-3;;;/h2-5,7H,9H2,1H3;2H2,1H3;1H3;1H;/q;-1;;;+2/p-1. The van der Waals surface area contributed by atoms with E-state index >= 15 is 0 Å². The van der Waals surface area contributed by atoms with Gasteiger partial charge in [0.2, 0.25) is 0 Å². The predicted octanol–water partition coefficient (Wildman–Crippen LogP) is 2.26. The van der Waals surface area contributed by atoms with Crippen LogP contribution in [0.5, 0.6) is 0 Å². The molecule has 2 unspecified atom stereocenters. The van der Waals surface area contributed by atoms with Crippen LogP contribution >= 0.6 is 8.92 Å². The van der Waals surface area contributed by atoms with E-state index in [-0.39, 0.29) is 6.04 Å². The molecule has 2 atom stereocenters. The summed E-state index contributed by atoms with van der Waals surface area (Å²) >= 11 is -3.06. The third-order valence-electron chi connectivity index (χ3n) is 2.35. The van der Waals surface area contributed by atoms with Crippen molar-refractivity contribution in [2.45, 2.75) is 24.8 Å². The van der Waals surface area contributed by atoms with Crippen molar-refractivity contribution >= 4 is 30.2 Å². The molecule has 1 rings (SSSR count). The van der Waals surface area contributed by atoms with E-state index < -0.39 is 17.7 Å². The molecule has 2 nitrogen and oxygen atoms in total. The fourth-order valence-electron chi connectivity index (χ4n) is 1.65. The first kappa shape index (κ1) is 13.3. The fourth-order valence-corrected chi connectivity index (χ4v) is 9.01. The maximum absolute atomic E-state index is 6.54. The van der Waals surface area contributed by atoms with Crippen LogP contribution in [-0.4, -0.2) is 24.3 Å². The summed E-state index contributed by atoms with van der Waals surface area (Å²) in [6.45, 7) is 4.62. The average Bonchev–Trinajstić information content (AvgIpc) is 2.17. The van der Waals surface area contributed by atoms with Crippen LogP contribution in [0.2, 0.25) is 4.94 Å². The van der Waals surface area contributed by atoms with Gasteiger partial charge in [-0.25, -0.2) is 0 Å². The van der Waals surface area contributed by atoms with Gasteiger partial charge in [0.05, 0.1) is 0 Å². The molecule has 2 N–H and O–H groups in total. The molecule has 0 aliphatic rings. The average molecular weight is 334 g/mol. The molecular weight excluding hydrogens is 316 g/mol. The third kappa shape index (κ3) is 3.34. The Bertz CT molecular complexity index is 328. The normalized spacial score (nSPS) is 17.1. The summed E-state index contributed by atoms with van der Waals surface area (Å²) in [6.07, 6.45) is 0. The van der Waals surface area contributed by atoms with Crippen LogP contribution in [-0.2, 0) is 3.07 Å². The van der Waals surface area contributed by atoms with Crippen LogP contribution in [0.1, 0.15) is 25.5 Å². The number of hydrogen-bond donors (Lipinski definition) is 1. The molecule has 0 saturated carbocycles. The maximum atomic E-state index is 6.54. The first-order valence-corrected chi connectivity index (χ1v) is 14.2. The first-order chi connectivity index (χ1) is 6.99. The Morgan fingerprint density at radius 1 is 1.47 bits per heavy atom. The van der Waals surface area contributed by atoms with Crippen molar-refractivity contribution in [3.05, 3.63) is 29.8 Å². The molecular formula is C11H18ClNOSn. The van der Waals surface area contributed by atoms with Gasteiger partial charge >= 0.3 is 100 Å². The molecule has 0 bridgehead atoms. The second kappa shape index (κ2) is 5.53. The molecule has 1 aromatic rings. The van der Waals surface area contributed by atoms with Crippen molar-refractivity contribution < 1.29 is 3.07 Å². The summed E-state index contributed by atoms with van der Waals surface area (Å²) in [6, 6.07) is 8.09. The van der Waals surface area contributed by atoms with Gasteiger partial charge in [-0.1, -0.05) is 0 Å². The van der Waals surface area contributed by atoms with E-state index in [1.165, 1.54) is 0 Å². The van der Waals surface area contributed by atoms with Crippen LogP contribution in [0.25, 0.3) is 0 Å². The first-order valence-electron chi connectivity index (χ1n) is 5.17. The van der Waals surface area contributed by atoms with E-state index in [0.29, 0.717) is 6.61 Å². The second-order valence-electron chi connectivity index (χ2n) is 3.73. The summed E-state index contributed by atoms with van der Waals surface area (Å²) in [4.78, 5) is 2.06. The topological polar surface area (TPSA) is 35.2 Å². The second-order valence-corrected chi connectivity index (χ2v) is 16.2. The van der Waals surface area contributed by atoms with Gasteiger partial charge in [-0.15, -0.1) is 0 Å². The molecule has 4 heteroatoms. The quantitative estimate of drug-likeness (QED) is 0.858. The van der Waals surface area contributed by atoms with E-state index in [1.807, 2.05) is 32.0 Å². The Kier molecular flexibility index (Phi) is 4.90. The molecule has 0 aliphatic heterocycles. The van der Waals surface area contributed by atoms with Gasteiger partial charge in [0, 0.05) is 0 Å². The van der Waals surface area contributed by atoms with Crippen LogP contribution < -0.4 is 9.31 Å². The number of halogens is 1. The van der Waals surface area contributed by atoms with Gasteiger partial charge in [0.15, 0.2) is 0 Å². The summed E-state index contributed by atoms with van der Waals surface area (Å²) in [5.41, 5.74) is 7.05. The Hall–Kier alpha value is 0.229. The fraction of sp³-hybridized carbons (Fsp3) is 0.455. The van der Waals surface area contributed by atoms with Gasteiger partial charge in [-0.2, -0.15) is 0 Å². The number of hydrogen-bond acceptors (Lipinski definition) is 2. The molecule has 0 aliphatic carbocycles. The van der Waals surface area contributed by atoms with Gasteiger partial charge in [0.1, 0.15) is 0 Å². The summed E-state index contributed by atoms with van der Waals surface area (Å²) in [5.74, 6) is 0. The Balaban J connectivity index is 3.12. The number of rotatable bonds is 4. The third-order valence-corrected chi connectivity index (χ3v) is 10.9. The zero-order valence-corrected chi connectivity index (χ0v) is 13.1. The van der Waals surface area contributed by atoms with Crippen molar-refractivity contribution in [2.75, 3.05) is 6.61 Å². The predicted molar refractivity (Wildman–Crippen MR) is 67.8 cm³/mol. The molecule has 15 heavy (non-hydrogen) atoms.